The van der Waals surface area contributed by atoms with E-state index in [9.17, 15) is 13.5 Å². The number of unbranched alkanes of at least 4 members (excludes halogenated alkanes) is 8. The molecular formula is C28H42O5S. The van der Waals surface area contributed by atoms with Gasteiger partial charge >= 0.3 is 0 Å². The van der Waals surface area contributed by atoms with Crippen molar-refractivity contribution >= 4 is 10.1 Å². The van der Waals surface area contributed by atoms with Crippen LogP contribution in [0.5, 0.6) is 0 Å². The van der Waals surface area contributed by atoms with Crippen LogP contribution in [0.4, 0.5) is 0 Å². The molecule has 2 N–H and O–H groups in total. The monoisotopic (exact) mass is 490 g/mol. The number of hydrogen-bond acceptors (Lipinski definition) is 5. The zero-order valence-corrected chi connectivity index (χ0v) is 21.7. The Bertz CT molecular complexity index is 885. The van der Waals surface area contributed by atoms with Crippen molar-refractivity contribution in [1.29, 1.82) is 0 Å². The Balaban J connectivity index is 2.64. The van der Waals surface area contributed by atoms with Gasteiger partial charge < -0.3 is 10.2 Å². The lowest BCUT2D eigenvalue weighted by molar-refractivity contribution is 0.0371. The van der Waals surface area contributed by atoms with Gasteiger partial charge in [-0.3, -0.25) is 4.18 Å². The van der Waals surface area contributed by atoms with E-state index in [1.165, 1.54) is 50.7 Å². The molecule has 0 unspecified atom stereocenters. The van der Waals surface area contributed by atoms with Gasteiger partial charge in [-0.25, -0.2) is 0 Å². The van der Waals surface area contributed by atoms with Crippen molar-refractivity contribution in [2.75, 3.05) is 6.61 Å². The summed E-state index contributed by atoms with van der Waals surface area (Å²) in [4.78, 5) is 0.0904. The molecule has 0 saturated carbocycles. The minimum absolute atomic E-state index is 0.0203. The highest BCUT2D eigenvalue weighted by molar-refractivity contribution is 7.86. The summed E-state index contributed by atoms with van der Waals surface area (Å²) in [5.74, 6) is 11.4. The molecule has 0 heterocycles. The Morgan fingerprint density at radius 3 is 2.09 bits per heavy atom. The van der Waals surface area contributed by atoms with Crippen molar-refractivity contribution in [3.8, 4) is 23.7 Å². The van der Waals surface area contributed by atoms with Crippen LogP contribution >= 0.6 is 0 Å². The van der Waals surface area contributed by atoms with Crippen LogP contribution in [0.15, 0.2) is 29.2 Å². The molecule has 1 aromatic carbocycles. The second-order valence-electron chi connectivity index (χ2n) is 8.65. The fourth-order valence-electron chi connectivity index (χ4n) is 3.51. The lowest BCUT2D eigenvalue weighted by Gasteiger charge is -2.21. The Labute approximate surface area is 207 Å². The molecule has 0 aliphatic heterocycles. The molecule has 6 heteroatoms. The summed E-state index contributed by atoms with van der Waals surface area (Å²) in [6, 6.07) is 6.51. The smallest absolute Gasteiger partial charge is 0.297 e. The fraction of sp³-hybridized carbons (Fsp3) is 0.643. The number of aryl methyl sites for hydroxylation is 1. The zero-order chi connectivity index (χ0) is 25.1. The lowest BCUT2D eigenvalue weighted by atomic mass is 10.0. The molecule has 34 heavy (non-hydrogen) atoms. The van der Waals surface area contributed by atoms with E-state index in [1.807, 2.05) is 6.92 Å². The van der Waals surface area contributed by atoms with Crippen LogP contribution in [0.25, 0.3) is 0 Å². The summed E-state index contributed by atoms with van der Waals surface area (Å²) in [6.45, 7) is 4.12. The second-order valence-corrected chi connectivity index (χ2v) is 10.2. The van der Waals surface area contributed by atoms with Gasteiger partial charge in [0, 0.05) is 12.8 Å². The average molecular weight is 491 g/mol. The normalized spacial score (nSPS) is 12.8. The Kier molecular flexibility index (Phi) is 16.4. The second kappa shape index (κ2) is 18.5. The first kappa shape index (κ1) is 30.2. The van der Waals surface area contributed by atoms with Crippen molar-refractivity contribution < 1.29 is 22.8 Å². The standard InChI is InChI=1S/C28H42O5S/c1-3-4-5-6-7-8-9-13-16-19-28(27(30)18-15-12-10-11-14-17-24-29)33-34(31,32)26-22-20-25(2)21-23-26/h20-23,27-30H,3-10,13,16-19,24H2,1-2H3/t27-,28-/m0/s1. The van der Waals surface area contributed by atoms with Gasteiger partial charge in [0.2, 0.25) is 0 Å². The van der Waals surface area contributed by atoms with Crippen LogP contribution in [-0.4, -0.2) is 37.4 Å². The molecule has 2 atom stereocenters. The van der Waals surface area contributed by atoms with E-state index in [4.69, 9.17) is 9.29 Å². The largest absolute Gasteiger partial charge is 0.395 e. The minimum Gasteiger partial charge on any atom is -0.395 e. The molecule has 0 bridgehead atoms. The van der Waals surface area contributed by atoms with Gasteiger partial charge in [0.1, 0.15) is 6.10 Å². The summed E-state index contributed by atoms with van der Waals surface area (Å²) in [6.07, 6.45) is 9.90. The molecule has 0 fully saturated rings. The first-order chi connectivity index (χ1) is 16.4. The third-order valence-corrected chi connectivity index (χ3v) is 6.91. The van der Waals surface area contributed by atoms with Crippen LogP contribution in [0.2, 0.25) is 0 Å². The Morgan fingerprint density at radius 2 is 1.47 bits per heavy atom. The van der Waals surface area contributed by atoms with Gasteiger partial charge in [0.15, 0.2) is 0 Å². The highest BCUT2D eigenvalue weighted by Crippen LogP contribution is 2.21. The first-order valence-electron chi connectivity index (χ1n) is 12.6. The van der Waals surface area contributed by atoms with E-state index in [0.717, 1.165) is 24.8 Å². The van der Waals surface area contributed by atoms with Crippen molar-refractivity contribution in [3.05, 3.63) is 29.8 Å². The molecule has 1 aromatic rings. The van der Waals surface area contributed by atoms with E-state index < -0.39 is 22.3 Å². The molecule has 0 aliphatic carbocycles. The highest BCUT2D eigenvalue weighted by Gasteiger charge is 2.27. The molecule has 1 rings (SSSR count). The molecule has 0 aromatic heterocycles. The number of aliphatic hydroxyl groups is 2. The molecule has 190 valence electrons. The predicted octanol–water partition coefficient (Wildman–Crippen LogP) is 5.52. The van der Waals surface area contributed by atoms with Crippen LogP contribution in [0.3, 0.4) is 0 Å². The quantitative estimate of drug-likeness (QED) is 0.181. The number of rotatable bonds is 16. The van der Waals surface area contributed by atoms with Gasteiger partial charge in [-0.15, -0.1) is 0 Å². The zero-order valence-electron chi connectivity index (χ0n) is 20.9. The summed E-state index contributed by atoms with van der Waals surface area (Å²) < 4.78 is 31.1. The summed E-state index contributed by atoms with van der Waals surface area (Å²) in [5.41, 5.74) is 0.961. The van der Waals surface area contributed by atoms with E-state index >= 15 is 0 Å². The predicted molar refractivity (Wildman–Crippen MR) is 138 cm³/mol. The van der Waals surface area contributed by atoms with E-state index in [1.54, 1.807) is 12.1 Å². The third kappa shape index (κ3) is 13.8. The molecule has 5 nitrogen and oxygen atoms in total. The Hall–Kier alpha value is -1.83. The van der Waals surface area contributed by atoms with Crippen LogP contribution in [-0.2, 0) is 14.3 Å². The molecule has 0 spiro atoms. The number of aliphatic hydroxyl groups excluding tert-OH is 2. The maximum atomic E-state index is 12.8. The van der Waals surface area contributed by atoms with Crippen LogP contribution in [0, 0.1) is 30.6 Å². The van der Waals surface area contributed by atoms with Gasteiger partial charge in [0.05, 0.1) is 24.0 Å². The SMILES string of the molecule is CCCCCCCCCCC[C@H](OS(=O)(=O)c1ccc(C)cc1)[C@@H](O)CC#CCC#CCCO. The molecule has 0 aliphatic rings. The van der Waals surface area contributed by atoms with Gasteiger partial charge in [0.25, 0.3) is 10.1 Å². The van der Waals surface area contributed by atoms with Crippen molar-refractivity contribution in [1.82, 2.24) is 0 Å². The molecule has 0 saturated heterocycles. The maximum Gasteiger partial charge on any atom is 0.297 e. The molecule has 0 radical (unpaired) electrons. The summed E-state index contributed by atoms with van der Waals surface area (Å²) >= 11 is 0. The highest BCUT2D eigenvalue weighted by atomic mass is 32.2. The number of hydrogen-bond donors (Lipinski definition) is 2. The van der Waals surface area contributed by atoms with E-state index in [0.29, 0.717) is 19.3 Å². The topological polar surface area (TPSA) is 83.8 Å². The van der Waals surface area contributed by atoms with Crippen LogP contribution in [0.1, 0.15) is 96.0 Å². The van der Waals surface area contributed by atoms with Gasteiger partial charge in [-0.05, 0) is 25.5 Å². The lowest BCUT2D eigenvalue weighted by Crippen LogP contribution is -2.31. The molecular weight excluding hydrogens is 448 g/mol. The average Bonchev–Trinajstić information content (AvgIpc) is 2.81. The molecule has 0 amide bonds. The Morgan fingerprint density at radius 1 is 0.882 bits per heavy atom. The first-order valence-corrected chi connectivity index (χ1v) is 14.0. The summed E-state index contributed by atoms with van der Waals surface area (Å²) in [5, 5.41) is 19.4. The summed E-state index contributed by atoms with van der Waals surface area (Å²) in [7, 11) is -3.98. The fourth-order valence-corrected chi connectivity index (χ4v) is 4.64. The van der Waals surface area contributed by atoms with Crippen molar-refractivity contribution in [2.24, 2.45) is 0 Å². The van der Waals surface area contributed by atoms with E-state index in [2.05, 4.69) is 30.6 Å². The van der Waals surface area contributed by atoms with Crippen molar-refractivity contribution in [2.45, 2.75) is 114 Å². The van der Waals surface area contributed by atoms with E-state index in [-0.39, 0.29) is 17.9 Å². The van der Waals surface area contributed by atoms with Crippen molar-refractivity contribution in [3.63, 3.8) is 0 Å². The number of benzene rings is 1. The van der Waals surface area contributed by atoms with Gasteiger partial charge in [-0.2, -0.15) is 8.42 Å². The van der Waals surface area contributed by atoms with Crippen LogP contribution < -0.4 is 0 Å². The van der Waals surface area contributed by atoms with Gasteiger partial charge in [-0.1, -0.05) is 106 Å². The third-order valence-electron chi connectivity index (χ3n) is 5.56. The minimum atomic E-state index is -3.98. The maximum absolute atomic E-state index is 12.8.